The van der Waals surface area contributed by atoms with E-state index in [9.17, 15) is 15.3 Å². The average molecular weight is 626 g/mol. The molecule has 2 aromatic heterocycles. The van der Waals surface area contributed by atoms with Crippen LogP contribution in [0.4, 0.5) is 10.3 Å². The van der Waals surface area contributed by atoms with Gasteiger partial charge in [-0.15, -0.1) is 6.42 Å². The number of anilines is 1. The van der Waals surface area contributed by atoms with Crippen LogP contribution in [-0.2, 0) is 10.3 Å². The third-order valence-corrected chi connectivity index (χ3v) is 8.12. The first-order valence-corrected chi connectivity index (χ1v) is 14.5. The molecule has 4 atom stereocenters. The Morgan fingerprint density at radius 1 is 1.02 bits per heavy atom. The van der Waals surface area contributed by atoms with E-state index in [1.165, 1.54) is 10.9 Å². The molecule has 1 aliphatic rings. The first-order chi connectivity index (χ1) is 22.2. The normalized spacial score (nSPS) is 22.8. The topological polar surface area (TPSA) is 144 Å². The molecule has 11 nitrogen and oxygen atoms in total. The maximum Gasteiger partial charge on any atom is 0.264 e. The summed E-state index contributed by atoms with van der Waals surface area (Å²) in [5, 5.41) is 35.1. The van der Waals surface area contributed by atoms with E-state index < -0.39 is 35.9 Å². The third kappa shape index (κ3) is 4.90. The van der Waals surface area contributed by atoms with E-state index in [1.54, 1.807) is 14.0 Å². The molecule has 5 aromatic rings. The quantitative estimate of drug-likeness (QED) is 0.134. The van der Waals surface area contributed by atoms with Crippen LogP contribution in [0, 0.1) is 12.3 Å². The first kappa shape index (κ1) is 30.9. The van der Waals surface area contributed by atoms with Crippen LogP contribution in [-0.4, -0.2) is 72.7 Å². The molecule has 0 radical (unpaired) electrons. The van der Waals surface area contributed by atoms with Crippen molar-refractivity contribution in [1.82, 2.24) is 19.5 Å². The molecule has 1 saturated heterocycles. The number of aromatic nitrogens is 4. The van der Waals surface area contributed by atoms with Crippen LogP contribution < -0.4 is 14.8 Å². The Hall–Kier alpha value is -5.06. The molecule has 3 heterocycles. The monoisotopic (exact) mass is 625 g/mol. The molecule has 0 spiro atoms. The lowest BCUT2D eigenvalue weighted by atomic mass is 9.77. The third-order valence-electron chi connectivity index (χ3n) is 8.12. The van der Waals surface area contributed by atoms with Gasteiger partial charge in [0.1, 0.15) is 17.9 Å². The zero-order valence-corrected chi connectivity index (χ0v) is 25.0. The van der Waals surface area contributed by atoms with Crippen LogP contribution in [0.15, 0.2) is 91.3 Å². The van der Waals surface area contributed by atoms with Crippen LogP contribution in [0.5, 0.6) is 11.6 Å². The van der Waals surface area contributed by atoms with E-state index in [4.69, 9.17) is 25.6 Å². The lowest BCUT2D eigenvalue weighted by Gasteiger charge is -2.37. The zero-order chi connectivity index (χ0) is 32.5. The Bertz CT molecular complexity index is 1830. The van der Waals surface area contributed by atoms with E-state index >= 15 is 4.39 Å². The zero-order valence-electron chi connectivity index (χ0n) is 25.0. The molecule has 1 unspecified atom stereocenters. The average Bonchev–Trinajstić information content (AvgIpc) is 3.61. The van der Waals surface area contributed by atoms with Crippen molar-refractivity contribution in [3.8, 4) is 24.0 Å². The summed E-state index contributed by atoms with van der Waals surface area (Å²) >= 11 is 0. The molecule has 46 heavy (non-hydrogen) atoms. The van der Waals surface area contributed by atoms with Crippen LogP contribution in [0.3, 0.4) is 0 Å². The van der Waals surface area contributed by atoms with Gasteiger partial charge in [-0.3, -0.25) is 4.57 Å². The number of benzene rings is 3. The van der Waals surface area contributed by atoms with Crippen LogP contribution in [0.1, 0.15) is 29.8 Å². The van der Waals surface area contributed by atoms with E-state index in [-0.39, 0.29) is 29.6 Å². The summed E-state index contributed by atoms with van der Waals surface area (Å²) in [4.78, 5) is 13.8. The number of terminal acetylenes is 1. The van der Waals surface area contributed by atoms with Gasteiger partial charge in [0.2, 0.25) is 17.4 Å². The number of methoxy groups -OCH3 is 1. The number of halogens is 1. The number of alkyl halides is 1. The number of ether oxygens (including phenoxy) is 3. The van der Waals surface area contributed by atoms with E-state index in [2.05, 4.69) is 15.3 Å². The fourth-order valence-corrected chi connectivity index (χ4v) is 5.80. The van der Waals surface area contributed by atoms with Gasteiger partial charge in [0.15, 0.2) is 23.5 Å². The Kier molecular flexibility index (Phi) is 8.10. The standard InChI is InChI=1S/C34H32FN5O6/c1-4-32(43)29(42)33(35,20-41)46-30(32)40-21-36-26-27(40)37-31(38-28(26)45-5-2)39-34(22-12-8-6-9-13-22,23-14-10-7-11-15-23)24-16-18-25(44-3)19-17-24/h1,6-19,21,29-30,41-43H,5,20H2,2-3H3,(H,37,38,39)/t29-,30?,32+,33+/m0/s1. The number of aliphatic hydroxyl groups is 3. The number of aliphatic hydroxyl groups excluding tert-OH is 2. The van der Waals surface area contributed by atoms with E-state index in [0.717, 1.165) is 16.7 Å². The SMILES string of the molecule is C#C[C@]1(O)C(n2cnc3c(OCC)nc(NC(c4ccccc4)(c4ccccc4)c4ccc(OC)cc4)nc32)O[C@](F)(CO)[C@H]1O. The lowest BCUT2D eigenvalue weighted by molar-refractivity contribution is -0.206. The highest BCUT2D eigenvalue weighted by Gasteiger charge is 2.65. The van der Waals surface area contributed by atoms with Crippen LogP contribution >= 0.6 is 0 Å². The molecule has 0 saturated carbocycles. The summed E-state index contributed by atoms with van der Waals surface area (Å²) in [5.41, 5.74) is -0.891. The minimum atomic E-state index is -3.05. The van der Waals surface area contributed by atoms with Gasteiger partial charge >= 0.3 is 0 Å². The van der Waals surface area contributed by atoms with Gasteiger partial charge in [0, 0.05) is 0 Å². The highest BCUT2D eigenvalue weighted by molar-refractivity contribution is 5.78. The summed E-state index contributed by atoms with van der Waals surface area (Å²) in [5.74, 6) is -0.177. The van der Waals surface area contributed by atoms with Gasteiger partial charge in [0.05, 0.1) is 20.0 Å². The van der Waals surface area contributed by atoms with E-state index in [0.29, 0.717) is 5.75 Å². The van der Waals surface area contributed by atoms with Crippen molar-refractivity contribution in [2.45, 2.75) is 36.3 Å². The minimum Gasteiger partial charge on any atom is -0.497 e. The largest absolute Gasteiger partial charge is 0.497 e. The second-order valence-electron chi connectivity index (χ2n) is 10.7. The maximum atomic E-state index is 15.4. The van der Waals surface area contributed by atoms with Crippen molar-refractivity contribution in [3.63, 3.8) is 0 Å². The van der Waals surface area contributed by atoms with Gasteiger partial charge in [-0.05, 0) is 35.7 Å². The molecular weight excluding hydrogens is 593 g/mol. The van der Waals surface area contributed by atoms with Crippen molar-refractivity contribution in [2.24, 2.45) is 0 Å². The summed E-state index contributed by atoms with van der Waals surface area (Å²) in [6.07, 6.45) is 2.80. The van der Waals surface area contributed by atoms with Gasteiger partial charge in [0.25, 0.3) is 5.85 Å². The number of nitrogens with zero attached hydrogens (tertiary/aromatic N) is 4. The molecule has 1 fully saturated rings. The smallest absolute Gasteiger partial charge is 0.264 e. The molecule has 4 N–H and O–H groups in total. The molecule has 236 valence electrons. The summed E-state index contributed by atoms with van der Waals surface area (Å²) in [6.45, 7) is 0.746. The van der Waals surface area contributed by atoms with Gasteiger partial charge in [-0.1, -0.05) is 78.7 Å². The second-order valence-corrected chi connectivity index (χ2v) is 10.7. The minimum absolute atomic E-state index is 0.0544. The molecule has 0 amide bonds. The molecule has 3 aromatic carbocycles. The fraction of sp³-hybridized carbons (Fsp3) is 0.265. The Labute approximate surface area is 264 Å². The summed E-state index contributed by atoms with van der Waals surface area (Å²) in [6, 6.07) is 27.1. The highest BCUT2D eigenvalue weighted by atomic mass is 19.2. The molecular formula is C34H32FN5O6. The van der Waals surface area contributed by atoms with Gasteiger partial charge in [-0.2, -0.15) is 9.97 Å². The van der Waals surface area contributed by atoms with Gasteiger partial charge in [-0.25, -0.2) is 9.37 Å². The van der Waals surface area contributed by atoms with Crippen molar-refractivity contribution in [2.75, 3.05) is 25.6 Å². The van der Waals surface area contributed by atoms with Gasteiger partial charge < -0.3 is 34.8 Å². The summed E-state index contributed by atoms with van der Waals surface area (Å²) < 4.78 is 33.2. The number of fused-ring (bicyclic) bond motifs is 1. The van der Waals surface area contributed by atoms with Crippen LogP contribution in [0.2, 0.25) is 0 Å². The number of rotatable bonds is 10. The predicted molar refractivity (Wildman–Crippen MR) is 167 cm³/mol. The Balaban J connectivity index is 1.59. The molecule has 1 aliphatic heterocycles. The maximum absolute atomic E-state index is 15.4. The number of imidazole rings is 1. The number of hydrogen-bond donors (Lipinski definition) is 4. The van der Waals surface area contributed by atoms with Crippen molar-refractivity contribution < 1.29 is 33.9 Å². The summed E-state index contributed by atoms with van der Waals surface area (Å²) in [7, 11) is 1.60. The number of hydrogen-bond acceptors (Lipinski definition) is 10. The first-order valence-electron chi connectivity index (χ1n) is 14.5. The van der Waals surface area contributed by atoms with Crippen molar-refractivity contribution >= 4 is 17.1 Å². The molecule has 0 bridgehead atoms. The molecule has 12 heteroatoms. The van der Waals surface area contributed by atoms with Crippen molar-refractivity contribution in [3.05, 3.63) is 108 Å². The van der Waals surface area contributed by atoms with E-state index in [1.807, 2.05) is 90.8 Å². The lowest BCUT2D eigenvalue weighted by Crippen LogP contribution is -2.49. The molecule has 6 rings (SSSR count). The van der Waals surface area contributed by atoms with Crippen LogP contribution in [0.25, 0.3) is 11.2 Å². The molecule has 0 aliphatic carbocycles. The Morgan fingerprint density at radius 2 is 1.63 bits per heavy atom. The Morgan fingerprint density at radius 3 is 2.17 bits per heavy atom. The fourth-order valence-electron chi connectivity index (χ4n) is 5.80. The van der Waals surface area contributed by atoms with Crippen molar-refractivity contribution in [1.29, 1.82) is 0 Å². The highest BCUT2D eigenvalue weighted by Crippen LogP contribution is 2.46. The number of nitrogens with one attached hydrogen (secondary N) is 1. The second kappa shape index (κ2) is 12.0. The predicted octanol–water partition coefficient (Wildman–Crippen LogP) is 3.55.